The van der Waals surface area contributed by atoms with Crippen LogP contribution in [0, 0.1) is 5.41 Å². The summed E-state index contributed by atoms with van der Waals surface area (Å²) in [5, 5.41) is 0. The summed E-state index contributed by atoms with van der Waals surface area (Å²) < 4.78 is 27.1. The van der Waals surface area contributed by atoms with E-state index in [1.54, 1.807) is 16.4 Å². The van der Waals surface area contributed by atoms with Crippen molar-refractivity contribution < 1.29 is 8.42 Å². The zero-order valence-corrected chi connectivity index (χ0v) is 14.6. The van der Waals surface area contributed by atoms with Crippen LogP contribution in [-0.4, -0.2) is 25.8 Å². The lowest BCUT2D eigenvalue weighted by atomic mass is 9.83. The summed E-state index contributed by atoms with van der Waals surface area (Å²) in [6.45, 7) is 7.63. The number of hydrogen-bond donors (Lipinski definition) is 0. The van der Waals surface area contributed by atoms with Gasteiger partial charge in [0.05, 0.1) is 4.90 Å². The van der Waals surface area contributed by atoms with Crippen LogP contribution in [0.2, 0.25) is 0 Å². The van der Waals surface area contributed by atoms with E-state index >= 15 is 0 Å². The molecule has 1 aliphatic rings. The molecule has 1 aromatic rings. The van der Waals surface area contributed by atoms with E-state index in [-0.39, 0.29) is 5.41 Å². The van der Waals surface area contributed by atoms with Gasteiger partial charge in [0.2, 0.25) is 10.0 Å². The fourth-order valence-electron chi connectivity index (χ4n) is 2.71. The molecule has 0 N–H and O–H groups in total. The van der Waals surface area contributed by atoms with Gasteiger partial charge >= 0.3 is 0 Å². The Hall–Kier alpha value is -0.580. The summed E-state index contributed by atoms with van der Waals surface area (Å²) >= 11 is 5.95. The van der Waals surface area contributed by atoms with Gasteiger partial charge in [-0.15, -0.1) is 11.6 Å². The number of rotatable bonds is 4. The first-order valence-electron chi connectivity index (χ1n) is 7.48. The van der Waals surface area contributed by atoms with Crippen LogP contribution in [0.5, 0.6) is 0 Å². The maximum absolute atomic E-state index is 12.7. The van der Waals surface area contributed by atoms with Crippen LogP contribution in [0.25, 0.3) is 0 Å². The van der Waals surface area contributed by atoms with Crippen LogP contribution < -0.4 is 0 Å². The second-order valence-electron chi connectivity index (χ2n) is 6.49. The second kappa shape index (κ2) is 6.27. The molecule has 0 aromatic heterocycles. The van der Waals surface area contributed by atoms with Crippen molar-refractivity contribution in [2.75, 3.05) is 13.1 Å². The van der Waals surface area contributed by atoms with Gasteiger partial charge in [-0.05, 0) is 47.9 Å². The van der Waals surface area contributed by atoms with E-state index in [0.717, 1.165) is 30.4 Å². The Morgan fingerprint density at radius 1 is 1.19 bits per heavy atom. The first-order valence-corrected chi connectivity index (χ1v) is 9.45. The lowest BCUT2D eigenvalue weighted by molar-refractivity contribution is 0.196. The zero-order chi connectivity index (χ0) is 15.7. The van der Waals surface area contributed by atoms with Crippen LogP contribution in [0.1, 0.15) is 44.7 Å². The molecule has 0 aliphatic carbocycles. The van der Waals surface area contributed by atoms with Crippen LogP contribution in [0.15, 0.2) is 23.1 Å². The number of sulfonamides is 1. The van der Waals surface area contributed by atoms with Crippen molar-refractivity contribution in [3.63, 3.8) is 0 Å². The fourth-order valence-corrected chi connectivity index (χ4v) is 4.45. The Morgan fingerprint density at radius 3 is 2.33 bits per heavy atom. The van der Waals surface area contributed by atoms with E-state index in [1.807, 2.05) is 13.0 Å². The van der Waals surface area contributed by atoms with Crippen molar-refractivity contribution in [3.8, 4) is 0 Å². The third-order valence-electron chi connectivity index (χ3n) is 4.42. The summed E-state index contributed by atoms with van der Waals surface area (Å²) in [5.74, 6) is 0.347. The molecule has 1 saturated heterocycles. The molecule has 21 heavy (non-hydrogen) atoms. The predicted octanol–water partition coefficient (Wildman–Crippen LogP) is 3.80. The number of benzene rings is 1. The number of nitrogens with zero attached hydrogens (tertiary/aromatic N) is 1. The molecule has 1 fully saturated rings. The minimum atomic E-state index is -3.40. The van der Waals surface area contributed by atoms with Crippen molar-refractivity contribution in [1.29, 1.82) is 0 Å². The highest BCUT2D eigenvalue weighted by Gasteiger charge is 2.32. The van der Waals surface area contributed by atoms with Gasteiger partial charge < -0.3 is 0 Å². The smallest absolute Gasteiger partial charge is 0.207 e. The van der Waals surface area contributed by atoms with Gasteiger partial charge in [-0.25, -0.2) is 8.42 Å². The minimum absolute atomic E-state index is 0.236. The molecule has 0 spiro atoms. The van der Waals surface area contributed by atoms with Crippen LogP contribution in [-0.2, 0) is 22.3 Å². The van der Waals surface area contributed by atoms with E-state index in [4.69, 9.17) is 11.6 Å². The Bertz CT molecular complexity index is 601. The van der Waals surface area contributed by atoms with Crippen molar-refractivity contribution in [3.05, 3.63) is 29.3 Å². The van der Waals surface area contributed by atoms with Crippen molar-refractivity contribution in [1.82, 2.24) is 4.31 Å². The monoisotopic (exact) mass is 329 g/mol. The quantitative estimate of drug-likeness (QED) is 0.788. The standard InChI is InChI=1S/C16H24ClNO2S/c1-4-13-5-6-15(11-14(13)12-17)21(19,20)18-9-7-16(2,3)8-10-18/h5-6,11H,4,7-10,12H2,1-3H3. The van der Waals surface area contributed by atoms with Gasteiger partial charge in [-0.1, -0.05) is 26.8 Å². The third kappa shape index (κ3) is 3.61. The number of halogens is 1. The maximum Gasteiger partial charge on any atom is 0.243 e. The Balaban J connectivity index is 2.28. The topological polar surface area (TPSA) is 37.4 Å². The van der Waals surface area contributed by atoms with Crippen molar-refractivity contribution >= 4 is 21.6 Å². The van der Waals surface area contributed by atoms with Crippen LogP contribution in [0.4, 0.5) is 0 Å². The first kappa shape index (κ1) is 16.8. The molecule has 0 unspecified atom stereocenters. The average molecular weight is 330 g/mol. The maximum atomic E-state index is 12.7. The molecule has 2 rings (SSSR count). The molecule has 0 amide bonds. The molecule has 3 nitrogen and oxygen atoms in total. The predicted molar refractivity (Wildman–Crippen MR) is 87.2 cm³/mol. The van der Waals surface area contributed by atoms with Crippen LogP contribution in [0.3, 0.4) is 0 Å². The molecule has 0 saturated carbocycles. The molecule has 5 heteroatoms. The molecule has 0 bridgehead atoms. The third-order valence-corrected chi connectivity index (χ3v) is 6.60. The first-order chi connectivity index (χ1) is 9.80. The number of hydrogen-bond acceptors (Lipinski definition) is 2. The van der Waals surface area contributed by atoms with E-state index in [1.165, 1.54) is 0 Å². The summed E-state index contributed by atoms with van der Waals surface area (Å²) in [6.07, 6.45) is 2.67. The van der Waals surface area contributed by atoms with E-state index in [9.17, 15) is 8.42 Å². The Kier molecular flexibility index (Phi) is 5.01. The SMILES string of the molecule is CCc1ccc(S(=O)(=O)N2CCC(C)(C)CC2)cc1CCl. The molecule has 1 heterocycles. The number of aryl methyl sites for hydroxylation is 1. The molecule has 1 aromatic carbocycles. The van der Waals surface area contributed by atoms with E-state index < -0.39 is 10.0 Å². The largest absolute Gasteiger partial charge is 0.243 e. The van der Waals surface area contributed by atoms with Gasteiger partial charge in [0.1, 0.15) is 0 Å². The highest BCUT2D eigenvalue weighted by Crippen LogP contribution is 2.32. The lowest BCUT2D eigenvalue weighted by Gasteiger charge is -2.36. The molecule has 118 valence electrons. The highest BCUT2D eigenvalue weighted by molar-refractivity contribution is 7.89. The van der Waals surface area contributed by atoms with Gasteiger partial charge in [0.25, 0.3) is 0 Å². The Labute approximate surface area is 133 Å². The fraction of sp³-hybridized carbons (Fsp3) is 0.625. The summed E-state index contributed by atoms with van der Waals surface area (Å²) in [4.78, 5) is 0.370. The summed E-state index contributed by atoms with van der Waals surface area (Å²) in [6, 6.07) is 5.34. The minimum Gasteiger partial charge on any atom is -0.207 e. The van der Waals surface area contributed by atoms with Crippen LogP contribution >= 0.6 is 11.6 Å². The highest BCUT2D eigenvalue weighted by atomic mass is 35.5. The van der Waals surface area contributed by atoms with Gasteiger partial charge in [-0.2, -0.15) is 4.31 Å². The molecular weight excluding hydrogens is 306 g/mol. The number of alkyl halides is 1. The second-order valence-corrected chi connectivity index (χ2v) is 8.69. The van der Waals surface area contributed by atoms with E-state index in [2.05, 4.69) is 13.8 Å². The molecular formula is C16H24ClNO2S. The molecule has 0 radical (unpaired) electrons. The molecule has 1 aliphatic heterocycles. The molecule has 0 atom stereocenters. The van der Waals surface area contributed by atoms with Gasteiger partial charge in [0.15, 0.2) is 0 Å². The number of piperidine rings is 1. The van der Waals surface area contributed by atoms with Crippen molar-refractivity contribution in [2.24, 2.45) is 5.41 Å². The summed E-state index contributed by atoms with van der Waals surface area (Å²) in [5.41, 5.74) is 2.26. The van der Waals surface area contributed by atoms with Crippen molar-refractivity contribution in [2.45, 2.75) is 50.8 Å². The normalized spacial score (nSPS) is 19.6. The Morgan fingerprint density at radius 2 is 1.81 bits per heavy atom. The lowest BCUT2D eigenvalue weighted by Crippen LogP contribution is -2.41. The zero-order valence-electron chi connectivity index (χ0n) is 13.0. The van der Waals surface area contributed by atoms with E-state index in [0.29, 0.717) is 23.9 Å². The van der Waals surface area contributed by atoms with Gasteiger partial charge in [-0.3, -0.25) is 0 Å². The average Bonchev–Trinajstić information content (AvgIpc) is 2.46. The summed E-state index contributed by atoms with van der Waals surface area (Å²) in [7, 11) is -3.40. The van der Waals surface area contributed by atoms with Gasteiger partial charge in [0, 0.05) is 19.0 Å².